The van der Waals surface area contributed by atoms with E-state index in [-0.39, 0.29) is 38.3 Å². The summed E-state index contributed by atoms with van der Waals surface area (Å²) in [5, 5.41) is 12.4. The van der Waals surface area contributed by atoms with Crippen LogP contribution in [-0.2, 0) is 45.3 Å². The second-order valence-corrected chi connectivity index (χ2v) is 14.7. The van der Waals surface area contributed by atoms with Gasteiger partial charge in [-0.25, -0.2) is 0 Å². The number of benzene rings is 5. The Labute approximate surface area is 330 Å². The Morgan fingerprint density at radius 3 is 2.00 bits per heavy atom. The van der Waals surface area contributed by atoms with Gasteiger partial charge in [-0.2, -0.15) is 13.2 Å². The monoisotopic (exact) mass is 777 g/mol. The molecular formula is C46H46F3N3O5. The first-order chi connectivity index (χ1) is 27.6. The van der Waals surface area contributed by atoms with Crippen molar-refractivity contribution in [1.29, 1.82) is 0 Å². The van der Waals surface area contributed by atoms with Gasteiger partial charge in [0.25, 0.3) is 0 Å². The average molecular weight is 778 g/mol. The number of ether oxygens (including phenoxy) is 2. The molecule has 0 radical (unpaired) electrons. The van der Waals surface area contributed by atoms with Crippen LogP contribution < -0.4 is 5.32 Å². The van der Waals surface area contributed by atoms with Crippen LogP contribution in [0.15, 0.2) is 133 Å². The fourth-order valence-corrected chi connectivity index (χ4v) is 7.63. The molecule has 0 aliphatic carbocycles. The van der Waals surface area contributed by atoms with Crippen molar-refractivity contribution in [3.63, 3.8) is 0 Å². The first kappa shape index (κ1) is 39.9. The lowest BCUT2D eigenvalue weighted by Crippen LogP contribution is -2.50. The van der Waals surface area contributed by atoms with Crippen LogP contribution in [0.2, 0.25) is 0 Å². The van der Waals surface area contributed by atoms with Gasteiger partial charge in [-0.15, -0.1) is 0 Å². The van der Waals surface area contributed by atoms with Crippen molar-refractivity contribution in [3.05, 3.63) is 167 Å². The van der Waals surface area contributed by atoms with Crippen LogP contribution in [0.4, 0.5) is 13.2 Å². The number of nitrogens with one attached hydrogen (secondary N) is 1. The number of nitrogens with zero attached hydrogens (tertiary/aromatic N) is 2. The summed E-state index contributed by atoms with van der Waals surface area (Å²) in [6.45, 7) is 2.15. The standard InChI is InChI=1S/C46H46F3N3O5/c47-46(48,49)45(55)52-24-8-15-41(52)43(54)50-27-35-13-7-14-39(25-35)36-20-22-38(23-21-36)44-56-40(26-42(57-44)37-18-16-34(31-53)17-19-37)30-51(28-32-9-3-1-4-10-32)29-33-11-5-2-6-12-33/h1-7,9-14,16-23,25,40-42,44,53H,8,15,24,26-31H2,(H,50,54)/t40-,41+,42+,44+/m1/s1. The summed E-state index contributed by atoms with van der Waals surface area (Å²) in [5.74, 6) is -2.58. The Balaban J connectivity index is 1.06. The molecule has 0 bridgehead atoms. The maximum atomic E-state index is 13.1. The number of hydrogen-bond donors (Lipinski definition) is 2. The summed E-state index contributed by atoms with van der Waals surface area (Å²) in [6, 6.07) is 43.0. The number of rotatable bonds is 13. The second-order valence-electron chi connectivity index (χ2n) is 14.7. The second kappa shape index (κ2) is 18.3. The first-order valence-corrected chi connectivity index (χ1v) is 19.3. The summed E-state index contributed by atoms with van der Waals surface area (Å²) >= 11 is 0. The third-order valence-corrected chi connectivity index (χ3v) is 10.5. The van der Waals surface area contributed by atoms with Gasteiger partial charge in [0.15, 0.2) is 6.29 Å². The van der Waals surface area contributed by atoms with Gasteiger partial charge < -0.3 is 24.8 Å². The molecule has 0 spiro atoms. The third kappa shape index (κ3) is 10.4. The van der Waals surface area contributed by atoms with E-state index in [1.54, 1.807) is 0 Å². The summed E-state index contributed by atoms with van der Waals surface area (Å²) in [7, 11) is 0. The number of aliphatic hydroxyl groups excluding tert-OH is 1. The van der Waals surface area contributed by atoms with Crippen LogP contribution in [0.5, 0.6) is 0 Å². The normalized spacial score (nSPS) is 19.8. The van der Waals surface area contributed by atoms with Gasteiger partial charge in [-0.05, 0) is 57.9 Å². The molecule has 0 saturated carbocycles. The van der Waals surface area contributed by atoms with Gasteiger partial charge in [-0.1, -0.05) is 127 Å². The zero-order chi connectivity index (χ0) is 39.8. The number of alkyl halides is 3. The molecule has 2 heterocycles. The lowest BCUT2D eigenvalue weighted by molar-refractivity contribution is -0.253. The molecule has 2 amide bonds. The van der Waals surface area contributed by atoms with Crippen LogP contribution >= 0.6 is 0 Å². The minimum Gasteiger partial charge on any atom is -0.392 e. The van der Waals surface area contributed by atoms with E-state index in [9.17, 15) is 27.9 Å². The fourth-order valence-electron chi connectivity index (χ4n) is 7.63. The minimum atomic E-state index is -5.02. The summed E-state index contributed by atoms with van der Waals surface area (Å²) in [5.41, 5.74) is 7.71. The lowest BCUT2D eigenvalue weighted by atomic mass is 9.98. The van der Waals surface area contributed by atoms with Gasteiger partial charge in [-0.3, -0.25) is 14.5 Å². The average Bonchev–Trinajstić information content (AvgIpc) is 3.73. The van der Waals surface area contributed by atoms with Gasteiger partial charge in [0.1, 0.15) is 6.04 Å². The van der Waals surface area contributed by atoms with Crippen LogP contribution in [0.3, 0.4) is 0 Å². The third-order valence-electron chi connectivity index (χ3n) is 10.5. The van der Waals surface area contributed by atoms with E-state index >= 15 is 0 Å². The molecule has 2 saturated heterocycles. The SMILES string of the molecule is O=C(NCc1cccc(-c2ccc([C@H]3O[C@@H](CN(Cc4ccccc4)Cc4ccccc4)C[C@@H](c4ccc(CO)cc4)O3)cc2)c1)[C@@H]1CCCN1C(=O)C(F)(F)F. The Morgan fingerprint density at radius 2 is 1.37 bits per heavy atom. The fraction of sp³-hybridized carbons (Fsp3) is 0.304. The summed E-state index contributed by atoms with van der Waals surface area (Å²) in [4.78, 5) is 27.8. The lowest BCUT2D eigenvalue weighted by Gasteiger charge is -2.38. The molecule has 2 aliphatic rings. The molecule has 4 atom stereocenters. The molecule has 0 aromatic heterocycles. The molecule has 5 aromatic rings. The molecule has 5 aromatic carbocycles. The summed E-state index contributed by atoms with van der Waals surface area (Å²) in [6.07, 6.45) is -4.90. The van der Waals surface area contributed by atoms with Crippen molar-refractivity contribution in [2.45, 2.75) is 76.2 Å². The molecule has 8 nitrogen and oxygen atoms in total. The van der Waals surface area contributed by atoms with E-state index in [0.29, 0.717) is 24.3 Å². The van der Waals surface area contributed by atoms with E-state index in [4.69, 9.17) is 9.47 Å². The Hall–Kier alpha value is -5.33. The quantitative estimate of drug-likeness (QED) is 0.125. The van der Waals surface area contributed by atoms with Crippen LogP contribution in [-0.4, -0.2) is 58.1 Å². The molecule has 296 valence electrons. The number of aliphatic hydroxyl groups is 1. The number of likely N-dealkylation sites (tertiary alicyclic amines) is 1. The first-order valence-electron chi connectivity index (χ1n) is 19.3. The molecule has 2 N–H and O–H groups in total. The van der Waals surface area contributed by atoms with E-state index in [0.717, 1.165) is 46.5 Å². The minimum absolute atomic E-state index is 0.0370. The number of halogens is 3. The van der Waals surface area contributed by atoms with E-state index < -0.39 is 30.3 Å². The van der Waals surface area contributed by atoms with Crippen molar-refractivity contribution in [1.82, 2.24) is 15.1 Å². The zero-order valence-corrected chi connectivity index (χ0v) is 31.5. The molecular weight excluding hydrogens is 732 g/mol. The number of carbonyl (C=O) groups excluding carboxylic acids is 2. The van der Waals surface area contributed by atoms with Crippen LogP contribution in [0, 0.1) is 0 Å². The highest BCUT2D eigenvalue weighted by molar-refractivity contribution is 5.90. The number of amides is 2. The summed E-state index contributed by atoms with van der Waals surface area (Å²) < 4.78 is 52.7. The van der Waals surface area contributed by atoms with Crippen LogP contribution in [0.25, 0.3) is 11.1 Å². The number of hydrogen-bond acceptors (Lipinski definition) is 6. The van der Waals surface area contributed by atoms with Crippen LogP contribution in [0.1, 0.15) is 65.0 Å². The van der Waals surface area contributed by atoms with Gasteiger partial charge >= 0.3 is 12.1 Å². The van der Waals surface area contributed by atoms with Crippen molar-refractivity contribution in [2.75, 3.05) is 13.1 Å². The van der Waals surface area contributed by atoms with Gasteiger partial charge in [0, 0.05) is 44.7 Å². The van der Waals surface area contributed by atoms with Gasteiger partial charge in [0.2, 0.25) is 5.91 Å². The highest BCUT2D eigenvalue weighted by atomic mass is 19.4. The highest BCUT2D eigenvalue weighted by Crippen LogP contribution is 2.39. The maximum absolute atomic E-state index is 13.1. The predicted octanol–water partition coefficient (Wildman–Crippen LogP) is 8.26. The molecule has 2 fully saturated rings. The predicted molar refractivity (Wildman–Crippen MR) is 210 cm³/mol. The smallest absolute Gasteiger partial charge is 0.392 e. The molecule has 2 aliphatic heterocycles. The molecule has 0 unspecified atom stereocenters. The Kier molecular flexibility index (Phi) is 12.8. The zero-order valence-electron chi connectivity index (χ0n) is 31.5. The number of carbonyl (C=O) groups is 2. The van der Waals surface area contributed by atoms with Crippen molar-refractivity contribution in [3.8, 4) is 11.1 Å². The molecule has 7 rings (SSSR count). The van der Waals surface area contributed by atoms with E-state index in [2.05, 4.69) is 58.7 Å². The molecule has 11 heteroatoms. The topological polar surface area (TPSA) is 91.3 Å². The van der Waals surface area contributed by atoms with E-state index in [1.165, 1.54) is 11.1 Å². The largest absolute Gasteiger partial charge is 0.471 e. The highest BCUT2D eigenvalue weighted by Gasteiger charge is 2.47. The Morgan fingerprint density at radius 1 is 0.737 bits per heavy atom. The van der Waals surface area contributed by atoms with Crippen molar-refractivity contribution in [2.24, 2.45) is 0 Å². The van der Waals surface area contributed by atoms with Crippen molar-refractivity contribution < 1.29 is 37.3 Å². The van der Waals surface area contributed by atoms with Gasteiger partial charge in [0.05, 0.1) is 18.8 Å². The molecule has 57 heavy (non-hydrogen) atoms. The van der Waals surface area contributed by atoms with Crippen molar-refractivity contribution >= 4 is 11.8 Å². The van der Waals surface area contributed by atoms with E-state index in [1.807, 2.05) is 84.9 Å². The maximum Gasteiger partial charge on any atom is 0.471 e. The Bertz CT molecular complexity index is 2040.